The van der Waals surface area contributed by atoms with Gasteiger partial charge in [-0.25, -0.2) is 9.78 Å². The zero-order valence-corrected chi connectivity index (χ0v) is 22.8. The molecule has 1 aromatic heterocycles. The largest absolute Gasteiger partial charge is 0.443 e. The van der Waals surface area contributed by atoms with Crippen LogP contribution in [-0.2, 0) is 17.8 Å². The first kappa shape index (κ1) is 26.4. The number of nitrogens with one attached hydrogen (secondary N) is 2. The second-order valence-electron chi connectivity index (χ2n) is 8.85. The van der Waals surface area contributed by atoms with Gasteiger partial charge in [0.15, 0.2) is 5.96 Å². The number of aromatic nitrogens is 1. The van der Waals surface area contributed by atoms with Crippen LogP contribution in [0.5, 0.6) is 0 Å². The number of amides is 1. The second-order valence-corrected chi connectivity index (χ2v) is 10.2. The van der Waals surface area contributed by atoms with Crippen molar-refractivity contribution in [1.29, 1.82) is 0 Å². The van der Waals surface area contributed by atoms with Crippen LogP contribution in [-0.4, -0.2) is 35.7 Å². The summed E-state index contributed by atoms with van der Waals surface area (Å²) < 4.78 is 5.65. The van der Waals surface area contributed by atoms with Gasteiger partial charge in [0.2, 0.25) is 0 Å². The zero-order valence-electron chi connectivity index (χ0n) is 19.7. The fourth-order valence-corrected chi connectivity index (χ4v) is 3.96. The van der Waals surface area contributed by atoms with Crippen LogP contribution < -0.4 is 15.5 Å². The number of aliphatic imine (C=N–C) groups is 1. The van der Waals surface area contributed by atoms with E-state index >= 15 is 0 Å². The Morgan fingerprint density at radius 3 is 2.47 bits per heavy atom. The van der Waals surface area contributed by atoms with Crippen LogP contribution in [0.15, 0.2) is 29.4 Å². The molecule has 2 N–H and O–H groups in total. The van der Waals surface area contributed by atoms with Gasteiger partial charge in [0.05, 0.1) is 12.2 Å². The van der Waals surface area contributed by atoms with E-state index in [4.69, 9.17) is 4.74 Å². The van der Waals surface area contributed by atoms with Crippen LogP contribution in [0, 0.1) is 13.8 Å². The quantitative estimate of drug-likeness (QED) is 0.285. The molecule has 1 heterocycles. The number of benzene rings is 1. The van der Waals surface area contributed by atoms with Crippen LogP contribution in [0.25, 0.3) is 0 Å². The van der Waals surface area contributed by atoms with Gasteiger partial charge in [-0.15, -0.1) is 35.3 Å². The van der Waals surface area contributed by atoms with Crippen LogP contribution in [0.2, 0.25) is 0 Å². The van der Waals surface area contributed by atoms with Gasteiger partial charge in [-0.1, -0.05) is 12.1 Å². The number of hydrogen-bond donors (Lipinski definition) is 2. The van der Waals surface area contributed by atoms with E-state index in [1.54, 1.807) is 18.4 Å². The highest BCUT2D eigenvalue weighted by molar-refractivity contribution is 14.0. The number of ether oxygens (including phenoxy) is 1. The van der Waals surface area contributed by atoms with Crippen LogP contribution in [0.1, 0.15) is 54.6 Å². The molecule has 9 heteroatoms. The molecule has 32 heavy (non-hydrogen) atoms. The smallest absolute Gasteiger partial charge is 0.415 e. The molecule has 3 rings (SSSR count). The van der Waals surface area contributed by atoms with Crippen molar-refractivity contribution < 1.29 is 9.53 Å². The van der Waals surface area contributed by atoms with Gasteiger partial charge in [0.25, 0.3) is 0 Å². The predicted octanol–water partition coefficient (Wildman–Crippen LogP) is 5.15. The Kier molecular flexibility index (Phi) is 9.32. The maximum atomic E-state index is 12.8. The third-order valence-electron chi connectivity index (χ3n) is 4.78. The maximum Gasteiger partial charge on any atom is 0.415 e. The second kappa shape index (κ2) is 11.3. The van der Waals surface area contributed by atoms with Crippen molar-refractivity contribution in [1.82, 2.24) is 15.6 Å². The Morgan fingerprint density at radius 1 is 1.25 bits per heavy atom. The molecule has 0 bridgehead atoms. The highest BCUT2D eigenvalue weighted by Crippen LogP contribution is 2.35. The highest BCUT2D eigenvalue weighted by atomic mass is 127. The molecule has 1 saturated carbocycles. The van der Waals surface area contributed by atoms with Crippen LogP contribution >= 0.6 is 35.3 Å². The molecule has 0 radical (unpaired) electrons. The number of thiazole rings is 1. The van der Waals surface area contributed by atoms with Gasteiger partial charge in [-0.3, -0.25) is 9.89 Å². The number of nitrogens with zero attached hydrogens (tertiary/aromatic N) is 3. The van der Waals surface area contributed by atoms with E-state index in [0.717, 1.165) is 40.6 Å². The summed E-state index contributed by atoms with van der Waals surface area (Å²) in [5.74, 6) is 0.725. The summed E-state index contributed by atoms with van der Waals surface area (Å²) in [5, 5.41) is 7.66. The summed E-state index contributed by atoms with van der Waals surface area (Å²) in [5.41, 5.74) is 2.58. The predicted molar refractivity (Wildman–Crippen MR) is 142 cm³/mol. The lowest BCUT2D eigenvalue weighted by atomic mass is 10.1. The first-order valence-electron chi connectivity index (χ1n) is 10.6. The molecular weight excluding hydrogens is 537 g/mol. The fourth-order valence-electron chi connectivity index (χ4n) is 3.23. The van der Waals surface area contributed by atoms with Crippen molar-refractivity contribution in [3.63, 3.8) is 0 Å². The topological polar surface area (TPSA) is 78.9 Å². The Bertz CT molecular complexity index is 950. The van der Waals surface area contributed by atoms with Crippen molar-refractivity contribution in [3.8, 4) is 0 Å². The molecule has 1 aromatic carbocycles. The van der Waals surface area contributed by atoms with E-state index in [-0.39, 0.29) is 36.1 Å². The number of rotatable bonds is 6. The molecule has 0 atom stereocenters. The minimum Gasteiger partial charge on any atom is -0.443 e. The van der Waals surface area contributed by atoms with E-state index in [1.165, 1.54) is 4.88 Å². The third kappa shape index (κ3) is 7.61. The van der Waals surface area contributed by atoms with Crippen molar-refractivity contribution >= 4 is 53.1 Å². The Balaban J connectivity index is 0.00000363. The van der Waals surface area contributed by atoms with E-state index in [2.05, 4.69) is 26.7 Å². The molecular formula is C23H34IN5O2S. The summed E-state index contributed by atoms with van der Waals surface area (Å²) >= 11 is 1.67. The minimum absolute atomic E-state index is 0. The van der Waals surface area contributed by atoms with Gasteiger partial charge >= 0.3 is 6.09 Å². The number of guanidine groups is 1. The standard InChI is InChI=1S/C23H33N5O2S.HI/c1-15-11-17(13-26-21(24-6)27-14-20-25-12-16(2)31-20)7-10-19(15)28(18-8-9-18)22(29)30-23(3,4)5;/h7,10-12,18H,8-9,13-14H2,1-6H3,(H2,24,26,27);1H. The number of anilines is 1. The van der Waals surface area contributed by atoms with E-state index < -0.39 is 5.60 Å². The lowest BCUT2D eigenvalue weighted by molar-refractivity contribution is 0.0577. The average Bonchev–Trinajstić information content (AvgIpc) is 3.43. The third-order valence-corrected chi connectivity index (χ3v) is 5.70. The number of aryl methyl sites for hydroxylation is 2. The molecule has 1 amide bonds. The number of carbonyl (C=O) groups excluding carboxylic acids is 1. The molecule has 1 aliphatic carbocycles. The molecule has 0 unspecified atom stereocenters. The molecule has 0 spiro atoms. The molecule has 0 aliphatic heterocycles. The first-order chi connectivity index (χ1) is 14.7. The van der Waals surface area contributed by atoms with Gasteiger partial charge in [-0.2, -0.15) is 0 Å². The summed E-state index contributed by atoms with van der Waals surface area (Å²) in [6, 6.07) is 6.41. The highest BCUT2D eigenvalue weighted by Gasteiger charge is 2.37. The zero-order chi connectivity index (χ0) is 22.6. The maximum absolute atomic E-state index is 12.8. The van der Waals surface area contributed by atoms with Crippen LogP contribution in [0.4, 0.5) is 10.5 Å². The summed E-state index contributed by atoms with van der Waals surface area (Å²) in [7, 11) is 1.76. The number of carbonyl (C=O) groups is 1. The average molecular weight is 572 g/mol. The Labute approximate surface area is 212 Å². The van der Waals surface area contributed by atoms with Crippen molar-refractivity contribution in [2.75, 3.05) is 11.9 Å². The van der Waals surface area contributed by atoms with Gasteiger partial charge in [0, 0.05) is 30.7 Å². The van der Waals surface area contributed by atoms with Crippen molar-refractivity contribution in [2.24, 2.45) is 4.99 Å². The number of halogens is 1. The van der Waals surface area contributed by atoms with E-state index in [0.29, 0.717) is 13.1 Å². The van der Waals surface area contributed by atoms with Gasteiger partial charge in [0.1, 0.15) is 10.6 Å². The number of hydrogen-bond acceptors (Lipinski definition) is 5. The molecule has 1 aliphatic rings. The monoisotopic (exact) mass is 571 g/mol. The fraction of sp³-hybridized carbons (Fsp3) is 0.522. The Hall–Kier alpha value is -1.88. The Morgan fingerprint density at radius 2 is 1.94 bits per heavy atom. The summed E-state index contributed by atoms with van der Waals surface area (Å²) in [4.78, 5) is 24.4. The van der Waals surface area contributed by atoms with E-state index in [1.807, 2.05) is 57.8 Å². The van der Waals surface area contributed by atoms with Crippen LogP contribution in [0.3, 0.4) is 0 Å². The lowest BCUT2D eigenvalue weighted by Crippen LogP contribution is -2.38. The molecule has 2 aromatic rings. The molecule has 1 fully saturated rings. The minimum atomic E-state index is -0.512. The molecule has 7 nitrogen and oxygen atoms in total. The molecule has 176 valence electrons. The van der Waals surface area contributed by atoms with Crippen molar-refractivity contribution in [3.05, 3.63) is 45.4 Å². The lowest BCUT2D eigenvalue weighted by Gasteiger charge is -2.28. The SMILES string of the molecule is CN=C(NCc1ccc(N(C(=O)OC(C)(C)C)C2CC2)c(C)c1)NCc1ncc(C)s1.I. The summed E-state index contributed by atoms with van der Waals surface area (Å²) in [6.45, 7) is 11.1. The molecule has 0 saturated heterocycles. The summed E-state index contributed by atoms with van der Waals surface area (Å²) in [6.07, 6.45) is 3.64. The van der Waals surface area contributed by atoms with E-state index in [9.17, 15) is 4.79 Å². The van der Waals surface area contributed by atoms with Gasteiger partial charge < -0.3 is 15.4 Å². The normalized spacial score (nSPS) is 13.9. The van der Waals surface area contributed by atoms with Crippen molar-refractivity contribution in [2.45, 2.75) is 72.2 Å². The first-order valence-corrected chi connectivity index (χ1v) is 11.5. The van der Waals surface area contributed by atoms with Gasteiger partial charge in [-0.05, 0) is 64.7 Å².